The molecule has 1 saturated carbocycles. The van der Waals surface area contributed by atoms with Crippen molar-refractivity contribution in [1.29, 1.82) is 0 Å². The fraction of sp³-hybridized carbons (Fsp3) is 0.192. The second-order valence-corrected chi connectivity index (χ2v) is 8.84. The molecule has 0 aliphatic heterocycles. The Balaban J connectivity index is 1.60. The minimum Gasteiger partial charge on any atom is -0.494 e. The summed E-state index contributed by atoms with van der Waals surface area (Å²) in [7, 11) is 1.38. The third-order valence-electron chi connectivity index (χ3n) is 6.75. The van der Waals surface area contributed by atoms with E-state index in [0.29, 0.717) is 22.3 Å². The van der Waals surface area contributed by atoms with Gasteiger partial charge >= 0.3 is 0 Å². The van der Waals surface area contributed by atoms with Crippen molar-refractivity contribution in [3.05, 3.63) is 77.1 Å². The third kappa shape index (κ3) is 3.45. The summed E-state index contributed by atoms with van der Waals surface area (Å²) in [5.74, 6) is -0.747. The van der Waals surface area contributed by atoms with E-state index in [4.69, 9.17) is 10.5 Å². The van der Waals surface area contributed by atoms with Crippen LogP contribution >= 0.6 is 0 Å². The van der Waals surface area contributed by atoms with Crippen molar-refractivity contribution in [2.75, 3.05) is 12.8 Å². The molecular formula is C26H21F2N7O2. The maximum absolute atomic E-state index is 14.6. The Morgan fingerprint density at radius 2 is 1.95 bits per heavy atom. The lowest BCUT2D eigenvalue weighted by Crippen LogP contribution is -2.33. The maximum atomic E-state index is 14.6. The Labute approximate surface area is 208 Å². The molecule has 0 atom stereocenters. The number of benzene rings is 2. The molecule has 1 fully saturated rings. The first kappa shape index (κ1) is 22.8. The SMILES string of the molecule is C=C(c1nc2cccc(F)c2c(=O)n1C1CCC1)n1nc(-c2ccc(OC)c(F)c2)c2c(N)ncnc21. The van der Waals surface area contributed by atoms with E-state index in [9.17, 15) is 13.6 Å². The molecule has 186 valence electrons. The van der Waals surface area contributed by atoms with Gasteiger partial charge in [-0.1, -0.05) is 12.6 Å². The lowest BCUT2D eigenvalue weighted by molar-refractivity contribution is 0.302. The number of nitrogens with two attached hydrogens (primary N) is 1. The summed E-state index contributed by atoms with van der Waals surface area (Å²) in [5, 5.41) is 4.98. The first-order valence-corrected chi connectivity index (χ1v) is 11.6. The molecule has 5 aromatic rings. The topological polar surface area (TPSA) is 114 Å². The first-order chi connectivity index (χ1) is 17.9. The zero-order valence-electron chi connectivity index (χ0n) is 19.8. The third-order valence-corrected chi connectivity index (χ3v) is 6.75. The zero-order valence-corrected chi connectivity index (χ0v) is 19.8. The first-order valence-electron chi connectivity index (χ1n) is 11.6. The highest BCUT2D eigenvalue weighted by molar-refractivity contribution is 6.00. The van der Waals surface area contributed by atoms with Gasteiger partial charge in [-0.2, -0.15) is 5.10 Å². The van der Waals surface area contributed by atoms with E-state index < -0.39 is 17.2 Å². The highest BCUT2D eigenvalue weighted by atomic mass is 19.1. The maximum Gasteiger partial charge on any atom is 0.264 e. The van der Waals surface area contributed by atoms with Crippen LogP contribution in [-0.2, 0) is 0 Å². The molecule has 2 aromatic carbocycles. The van der Waals surface area contributed by atoms with Gasteiger partial charge in [0.25, 0.3) is 5.56 Å². The van der Waals surface area contributed by atoms with Gasteiger partial charge in [0.1, 0.15) is 34.7 Å². The number of rotatable bonds is 5. The Bertz CT molecular complexity index is 1790. The predicted octanol–water partition coefficient (Wildman–Crippen LogP) is 4.32. The highest BCUT2D eigenvalue weighted by Gasteiger charge is 2.29. The summed E-state index contributed by atoms with van der Waals surface area (Å²) in [4.78, 5) is 26.6. The molecule has 2 N–H and O–H groups in total. The van der Waals surface area contributed by atoms with E-state index in [2.05, 4.69) is 26.6 Å². The lowest BCUT2D eigenvalue weighted by atomic mass is 9.92. The van der Waals surface area contributed by atoms with Gasteiger partial charge in [-0.3, -0.25) is 9.36 Å². The molecule has 0 saturated heterocycles. The molecule has 3 heterocycles. The quantitative estimate of drug-likeness (QED) is 0.382. The van der Waals surface area contributed by atoms with Gasteiger partial charge in [-0.15, -0.1) is 0 Å². The highest BCUT2D eigenvalue weighted by Crippen LogP contribution is 2.36. The van der Waals surface area contributed by atoms with Crippen LogP contribution in [0.3, 0.4) is 0 Å². The van der Waals surface area contributed by atoms with Gasteiger partial charge < -0.3 is 10.5 Å². The summed E-state index contributed by atoms with van der Waals surface area (Å²) < 4.78 is 37.1. The van der Waals surface area contributed by atoms with Crippen molar-refractivity contribution in [1.82, 2.24) is 29.3 Å². The van der Waals surface area contributed by atoms with Crippen LogP contribution in [0.5, 0.6) is 5.75 Å². The largest absolute Gasteiger partial charge is 0.494 e. The van der Waals surface area contributed by atoms with E-state index in [1.807, 2.05) is 0 Å². The van der Waals surface area contributed by atoms with Crippen LogP contribution in [0.4, 0.5) is 14.6 Å². The van der Waals surface area contributed by atoms with E-state index in [-0.39, 0.29) is 40.0 Å². The molecular weight excluding hydrogens is 480 g/mol. The summed E-state index contributed by atoms with van der Waals surface area (Å²) in [6.07, 6.45) is 3.74. The summed E-state index contributed by atoms with van der Waals surface area (Å²) in [5.41, 5.74) is 7.20. The number of aromatic nitrogens is 6. The van der Waals surface area contributed by atoms with E-state index in [1.165, 1.54) is 47.0 Å². The summed E-state index contributed by atoms with van der Waals surface area (Å²) in [6.45, 7) is 4.19. The second kappa shape index (κ2) is 8.47. The predicted molar refractivity (Wildman–Crippen MR) is 135 cm³/mol. The smallest absolute Gasteiger partial charge is 0.264 e. The molecule has 0 amide bonds. The van der Waals surface area contributed by atoms with Gasteiger partial charge in [0.05, 0.1) is 18.0 Å². The Morgan fingerprint density at radius 1 is 1.14 bits per heavy atom. The molecule has 0 unspecified atom stereocenters. The summed E-state index contributed by atoms with van der Waals surface area (Å²) in [6, 6.07) is 8.58. The second-order valence-electron chi connectivity index (χ2n) is 8.84. The molecule has 0 bridgehead atoms. The number of nitrogens with zero attached hydrogens (tertiary/aromatic N) is 6. The molecule has 6 rings (SSSR count). The number of nitrogen functional groups attached to an aromatic ring is 1. The van der Waals surface area contributed by atoms with Gasteiger partial charge in [0.15, 0.2) is 23.0 Å². The van der Waals surface area contributed by atoms with Gasteiger partial charge in [0, 0.05) is 11.6 Å². The van der Waals surface area contributed by atoms with E-state index in [1.54, 1.807) is 12.1 Å². The van der Waals surface area contributed by atoms with Crippen LogP contribution in [0, 0.1) is 11.6 Å². The Morgan fingerprint density at radius 3 is 2.65 bits per heavy atom. The van der Waals surface area contributed by atoms with Crippen molar-refractivity contribution in [2.45, 2.75) is 25.3 Å². The number of methoxy groups -OCH3 is 1. The Hall–Kier alpha value is -4.67. The standard InChI is InChI=1S/C26H21F2N7O2/c1-13(24-32-18-8-4-7-16(27)20(18)26(36)34(24)15-5-3-6-15)35-25-21(23(29)30-12-31-25)22(33-35)14-9-10-19(37-2)17(28)11-14/h4,7-12,15H,1,3,5-6H2,2H3,(H2,29,30,31). The van der Waals surface area contributed by atoms with Crippen molar-refractivity contribution < 1.29 is 13.5 Å². The molecule has 11 heteroatoms. The van der Waals surface area contributed by atoms with Crippen LogP contribution in [0.1, 0.15) is 31.1 Å². The number of anilines is 1. The average molecular weight is 501 g/mol. The number of hydrogen-bond acceptors (Lipinski definition) is 7. The number of fused-ring (bicyclic) bond motifs is 2. The fourth-order valence-corrected chi connectivity index (χ4v) is 4.66. The fourth-order valence-electron chi connectivity index (χ4n) is 4.66. The molecule has 9 nitrogen and oxygen atoms in total. The lowest BCUT2D eigenvalue weighted by Gasteiger charge is -2.30. The normalized spacial score (nSPS) is 13.7. The van der Waals surface area contributed by atoms with Gasteiger partial charge in [-0.25, -0.2) is 28.4 Å². The molecule has 37 heavy (non-hydrogen) atoms. The summed E-state index contributed by atoms with van der Waals surface area (Å²) >= 11 is 0. The average Bonchev–Trinajstić information content (AvgIpc) is 3.25. The van der Waals surface area contributed by atoms with Crippen molar-refractivity contribution in [2.24, 2.45) is 0 Å². The minimum atomic E-state index is -0.630. The number of hydrogen-bond donors (Lipinski definition) is 1. The zero-order chi connectivity index (χ0) is 25.8. The number of ether oxygens (including phenoxy) is 1. The van der Waals surface area contributed by atoms with Crippen LogP contribution in [0.15, 0.2) is 54.1 Å². The molecule has 3 aromatic heterocycles. The van der Waals surface area contributed by atoms with Gasteiger partial charge in [0.2, 0.25) is 0 Å². The Kier molecular flexibility index (Phi) is 5.21. The van der Waals surface area contributed by atoms with Crippen LogP contribution in [0.25, 0.3) is 38.9 Å². The van der Waals surface area contributed by atoms with Crippen molar-refractivity contribution in [3.63, 3.8) is 0 Å². The van der Waals surface area contributed by atoms with Crippen molar-refractivity contribution in [3.8, 4) is 17.0 Å². The molecule has 0 spiro atoms. The minimum absolute atomic E-state index is 0.0720. The van der Waals surface area contributed by atoms with E-state index >= 15 is 0 Å². The van der Waals surface area contributed by atoms with Crippen LogP contribution in [0.2, 0.25) is 0 Å². The molecule has 1 aliphatic rings. The van der Waals surface area contributed by atoms with Gasteiger partial charge in [-0.05, 0) is 49.6 Å². The number of halogens is 2. The van der Waals surface area contributed by atoms with Crippen LogP contribution in [-0.4, -0.2) is 36.4 Å². The van der Waals surface area contributed by atoms with Crippen LogP contribution < -0.4 is 16.0 Å². The monoisotopic (exact) mass is 501 g/mol. The van der Waals surface area contributed by atoms with E-state index in [0.717, 1.165) is 19.3 Å². The molecule has 1 aliphatic carbocycles. The molecule has 0 radical (unpaired) electrons. The van der Waals surface area contributed by atoms with Crippen molar-refractivity contribution >= 4 is 33.5 Å².